The fourth-order valence-corrected chi connectivity index (χ4v) is 2.68. The maximum absolute atomic E-state index is 11.7. The predicted octanol–water partition coefficient (Wildman–Crippen LogP) is 3.25. The second-order valence-electron chi connectivity index (χ2n) is 5.33. The molecule has 0 N–H and O–H groups in total. The zero-order valence-corrected chi connectivity index (χ0v) is 12.5. The number of hydrogen-bond acceptors (Lipinski definition) is 5. The molecular formula is C17H18N2O3. The van der Waals surface area contributed by atoms with Gasteiger partial charge in [0.05, 0.1) is 12.7 Å². The molecule has 0 aromatic carbocycles. The quantitative estimate of drug-likeness (QED) is 0.811. The van der Waals surface area contributed by atoms with Gasteiger partial charge in [-0.3, -0.25) is 4.98 Å². The highest BCUT2D eigenvalue weighted by atomic mass is 16.5. The maximum atomic E-state index is 11.7. The van der Waals surface area contributed by atoms with Gasteiger partial charge in [-0.1, -0.05) is 0 Å². The van der Waals surface area contributed by atoms with Crippen LogP contribution >= 0.6 is 0 Å². The standard InChI is InChI=1S/C17H18N2O3/c1-21-17(20)13-10-15(12-6-8-18-9-7-12)16(19-11-13)22-14-4-2-3-5-14/h6-11,14H,2-5H2,1H3. The number of rotatable bonds is 4. The zero-order chi connectivity index (χ0) is 15.4. The van der Waals surface area contributed by atoms with Crippen LogP contribution in [0.3, 0.4) is 0 Å². The molecule has 1 aliphatic rings. The Labute approximate surface area is 129 Å². The number of carbonyl (C=O) groups excluding carboxylic acids is 1. The molecule has 0 spiro atoms. The van der Waals surface area contributed by atoms with E-state index in [9.17, 15) is 4.79 Å². The summed E-state index contributed by atoms with van der Waals surface area (Å²) < 4.78 is 10.8. The summed E-state index contributed by atoms with van der Waals surface area (Å²) in [6.45, 7) is 0. The molecular weight excluding hydrogens is 280 g/mol. The number of methoxy groups -OCH3 is 1. The second kappa shape index (κ2) is 6.56. The van der Waals surface area contributed by atoms with Crippen LogP contribution in [0.5, 0.6) is 5.88 Å². The van der Waals surface area contributed by atoms with E-state index in [0.717, 1.165) is 24.0 Å². The van der Waals surface area contributed by atoms with Gasteiger partial charge in [-0.2, -0.15) is 0 Å². The largest absolute Gasteiger partial charge is 0.474 e. The highest BCUT2D eigenvalue weighted by Gasteiger charge is 2.20. The van der Waals surface area contributed by atoms with E-state index in [1.54, 1.807) is 18.5 Å². The average molecular weight is 298 g/mol. The number of aromatic nitrogens is 2. The van der Waals surface area contributed by atoms with Crippen LogP contribution in [0.4, 0.5) is 0 Å². The Kier molecular flexibility index (Phi) is 4.32. The fourth-order valence-electron chi connectivity index (χ4n) is 2.68. The molecule has 0 aliphatic heterocycles. The molecule has 0 unspecified atom stereocenters. The van der Waals surface area contributed by atoms with E-state index >= 15 is 0 Å². The highest BCUT2D eigenvalue weighted by Crippen LogP contribution is 2.32. The molecule has 1 saturated carbocycles. The fraction of sp³-hybridized carbons (Fsp3) is 0.353. The molecule has 114 valence electrons. The summed E-state index contributed by atoms with van der Waals surface area (Å²) in [6, 6.07) is 5.51. The molecule has 2 heterocycles. The Balaban J connectivity index is 1.98. The zero-order valence-electron chi connectivity index (χ0n) is 12.5. The van der Waals surface area contributed by atoms with Crippen LogP contribution in [0.15, 0.2) is 36.8 Å². The van der Waals surface area contributed by atoms with Crippen molar-refractivity contribution in [3.05, 3.63) is 42.4 Å². The lowest BCUT2D eigenvalue weighted by atomic mass is 10.1. The number of ether oxygens (including phenoxy) is 2. The van der Waals surface area contributed by atoms with Gasteiger partial charge in [0.15, 0.2) is 0 Å². The van der Waals surface area contributed by atoms with Gasteiger partial charge in [-0.15, -0.1) is 0 Å². The van der Waals surface area contributed by atoms with E-state index in [4.69, 9.17) is 9.47 Å². The van der Waals surface area contributed by atoms with Crippen molar-refractivity contribution in [2.75, 3.05) is 7.11 Å². The summed E-state index contributed by atoms with van der Waals surface area (Å²) in [4.78, 5) is 20.1. The SMILES string of the molecule is COC(=O)c1cnc(OC2CCCC2)c(-c2ccncc2)c1. The Morgan fingerprint density at radius 3 is 2.64 bits per heavy atom. The van der Waals surface area contributed by atoms with Crippen molar-refractivity contribution >= 4 is 5.97 Å². The highest BCUT2D eigenvalue weighted by molar-refractivity contribution is 5.91. The molecule has 1 aliphatic carbocycles. The first-order valence-corrected chi connectivity index (χ1v) is 7.43. The Hall–Kier alpha value is -2.43. The van der Waals surface area contributed by atoms with Crippen molar-refractivity contribution in [2.45, 2.75) is 31.8 Å². The minimum Gasteiger partial charge on any atom is -0.474 e. The Morgan fingerprint density at radius 1 is 1.23 bits per heavy atom. The average Bonchev–Trinajstić information content (AvgIpc) is 3.08. The van der Waals surface area contributed by atoms with Gasteiger partial charge in [0.25, 0.3) is 0 Å². The third kappa shape index (κ3) is 3.08. The van der Waals surface area contributed by atoms with Crippen molar-refractivity contribution < 1.29 is 14.3 Å². The van der Waals surface area contributed by atoms with Crippen LogP contribution in [-0.2, 0) is 4.74 Å². The van der Waals surface area contributed by atoms with Crippen LogP contribution in [0.25, 0.3) is 11.1 Å². The van der Waals surface area contributed by atoms with Gasteiger partial charge >= 0.3 is 5.97 Å². The van der Waals surface area contributed by atoms with Gasteiger partial charge in [0.1, 0.15) is 6.10 Å². The second-order valence-corrected chi connectivity index (χ2v) is 5.33. The van der Waals surface area contributed by atoms with E-state index in [1.807, 2.05) is 12.1 Å². The van der Waals surface area contributed by atoms with E-state index < -0.39 is 5.97 Å². The summed E-state index contributed by atoms with van der Waals surface area (Å²) in [6.07, 6.45) is 9.61. The molecule has 0 atom stereocenters. The lowest BCUT2D eigenvalue weighted by molar-refractivity contribution is 0.0600. The number of esters is 1. The lowest BCUT2D eigenvalue weighted by Crippen LogP contribution is -2.13. The summed E-state index contributed by atoms with van der Waals surface area (Å²) in [7, 11) is 1.36. The van der Waals surface area contributed by atoms with Gasteiger partial charge < -0.3 is 9.47 Å². The van der Waals surface area contributed by atoms with E-state index in [1.165, 1.54) is 26.1 Å². The monoisotopic (exact) mass is 298 g/mol. The summed E-state index contributed by atoms with van der Waals surface area (Å²) >= 11 is 0. The third-order valence-corrected chi connectivity index (χ3v) is 3.84. The van der Waals surface area contributed by atoms with Gasteiger partial charge in [0.2, 0.25) is 5.88 Å². The van der Waals surface area contributed by atoms with Gasteiger partial charge in [-0.05, 0) is 49.4 Å². The molecule has 0 amide bonds. The number of hydrogen-bond donors (Lipinski definition) is 0. The van der Waals surface area contributed by atoms with Gasteiger partial charge in [0, 0.05) is 24.2 Å². The van der Waals surface area contributed by atoms with Crippen LogP contribution in [-0.4, -0.2) is 29.2 Å². The molecule has 22 heavy (non-hydrogen) atoms. The first-order chi connectivity index (χ1) is 10.8. The third-order valence-electron chi connectivity index (χ3n) is 3.84. The van der Waals surface area contributed by atoms with Gasteiger partial charge in [-0.25, -0.2) is 9.78 Å². The predicted molar refractivity (Wildman–Crippen MR) is 81.7 cm³/mol. The Morgan fingerprint density at radius 2 is 1.95 bits per heavy atom. The number of nitrogens with zero attached hydrogens (tertiary/aromatic N) is 2. The van der Waals surface area contributed by atoms with Crippen molar-refractivity contribution in [3.8, 4) is 17.0 Å². The summed E-state index contributed by atoms with van der Waals surface area (Å²) in [5.41, 5.74) is 2.12. The molecule has 0 bridgehead atoms. The summed E-state index contributed by atoms with van der Waals surface area (Å²) in [5, 5.41) is 0. The first-order valence-electron chi connectivity index (χ1n) is 7.43. The van der Waals surface area contributed by atoms with E-state index in [2.05, 4.69) is 9.97 Å². The van der Waals surface area contributed by atoms with E-state index in [-0.39, 0.29) is 6.10 Å². The smallest absolute Gasteiger partial charge is 0.339 e. The van der Waals surface area contributed by atoms with Crippen LogP contribution in [0, 0.1) is 0 Å². The molecule has 5 nitrogen and oxygen atoms in total. The summed E-state index contributed by atoms with van der Waals surface area (Å²) in [5.74, 6) is 0.154. The number of carbonyl (C=O) groups is 1. The molecule has 1 fully saturated rings. The molecule has 3 rings (SSSR count). The minimum absolute atomic E-state index is 0.206. The van der Waals surface area contributed by atoms with Crippen molar-refractivity contribution in [3.63, 3.8) is 0 Å². The van der Waals surface area contributed by atoms with E-state index in [0.29, 0.717) is 11.4 Å². The molecule has 5 heteroatoms. The maximum Gasteiger partial charge on any atom is 0.339 e. The van der Waals surface area contributed by atoms with Crippen molar-refractivity contribution in [1.82, 2.24) is 9.97 Å². The molecule has 0 radical (unpaired) electrons. The molecule has 2 aromatic rings. The molecule has 2 aromatic heterocycles. The van der Waals surface area contributed by atoms with Crippen molar-refractivity contribution in [1.29, 1.82) is 0 Å². The normalized spacial score (nSPS) is 14.8. The topological polar surface area (TPSA) is 61.3 Å². The Bertz CT molecular complexity index is 652. The van der Waals surface area contributed by atoms with Crippen LogP contribution < -0.4 is 4.74 Å². The van der Waals surface area contributed by atoms with Crippen LogP contribution in [0.2, 0.25) is 0 Å². The molecule has 0 saturated heterocycles. The van der Waals surface area contributed by atoms with Crippen molar-refractivity contribution in [2.24, 2.45) is 0 Å². The number of pyridine rings is 2. The first kappa shape index (κ1) is 14.5. The minimum atomic E-state index is -0.407. The van der Waals surface area contributed by atoms with Crippen LogP contribution in [0.1, 0.15) is 36.0 Å². The lowest BCUT2D eigenvalue weighted by Gasteiger charge is -2.16.